The molecule has 0 atom stereocenters. The molecule has 0 radical (unpaired) electrons. The van der Waals surface area contributed by atoms with Crippen LogP contribution >= 0.6 is 23.2 Å². The van der Waals surface area contributed by atoms with Gasteiger partial charge in [0, 0.05) is 41.0 Å². The van der Waals surface area contributed by atoms with Gasteiger partial charge >= 0.3 is 0 Å². The van der Waals surface area contributed by atoms with Gasteiger partial charge in [0.15, 0.2) is 5.15 Å². The van der Waals surface area contributed by atoms with Crippen molar-refractivity contribution in [2.75, 3.05) is 31.2 Å². The number of hydrogen-bond donors (Lipinski definition) is 0. The molecule has 41 heavy (non-hydrogen) atoms. The number of anilines is 1. The molecule has 1 aromatic heterocycles. The molecule has 1 saturated heterocycles. The molecule has 2 amide bonds. The van der Waals surface area contributed by atoms with Gasteiger partial charge in [-0.15, -0.1) is 0 Å². The maximum absolute atomic E-state index is 13.7. The Bertz CT molecular complexity index is 1650. The second kappa shape index (κ2) is 11.6. The van der Waals surface area contributed by atoms with Crippen molar-refractivity contribution >= 4 is 57.7 Å². The number of imidazole rings is 1. The monoisotopic (exact) mass is 589 g/mol. The number of morpholine rings is 1. The smallest absolute Gasteiger partial charge is 0.282 e. The zero-order valence-electron chi connectivity index (χ0n) is 22.6. The minimum atomic E-state index is -0.483. The first-order valence-electron chi connectivity index (χ1n) is 13.8. The maximum Gasteiger partial charge on any atom is 0.282 e. The van der Waals surface area contributed by atoms with Crippen LogP contribution in [0.3, 0.4) is 0 Å². The number of carbonyl (C=O) groups is 2. The molecule has 0 aliphatic carbocycles. The summed E-state index contributed by atoms with van der Waals surface area (Å²) in [6, 6.07) is 16.8. The molecule has 2 aliphatic rings. The van der Waals surface area contributed by atoms with Crippen molar-refractivity contribution in [3.8, 4) is 0 Å². The molecule has 3 aromatic carbocycles. The third-order valence-electron chi connectivity index (χ3n) is 7.59. The number of unbranched alkanes of at least 4 members (excludes halogenated alkanes) is 1. The minimum Gasteiger partial charge on any atom is -0.378 e. The Morgan fingerprint density at radius 3 is 2.49 bits per heavy atom. The van der Waals surface area contributed by atoms with Crippen molar-refractivity contribution in [1.29, 1.82) is 0 Å². The molecular formula is C31H29Cl2N5O3. The van der Waals surface area contributed by atoms with Crippen LogP contribution in [0.15, 0.2) is 59.7 Å². The number of aryl methyl sites for hydroxylation is 1. The van der Waals surface area contributed by atoms with Crippen LogP contribution in [-0.2, 0) is 17.7 Å². The normalized spacial score (nSPS) is 15.5. The zero-order valence-corrected chi connectivity index (χ0v) is 24.2. The van der Waals surface area contributed by atoms with Crippen LogP contribution < -0.4 is 4.90 Å². The van der Waals surface area contributed by atoms with Crippen molar-refractivity contribution in [1.82, 2.24) is 14.6 Å². The maximum atomic E-state index is 13.7. The molecule has 6 rings (SSSR count). The lowest BCUT2D eigenvalue weighted by Crippen LogP contribution is -2.38. The Kier molecular flexibility index (Phi) is 7.79. The number of carbonyl (C=O) groups excluding carboxylic acids is 2. The van der Waals surface area contributed by atoms with Gasteiger partial charge < -0.3 is 14.2 Å². The molecule has 4 aromatic rings. The van der Waals surface area contributed by atoms with Gasteiger partial charge in [-0.1, -0.05) is 66.9 Å². The van der Waals surface area contributed by atoms with E-state index in [1.54, 1.807) is 12.1 Å². The summed E-state index contributed by atoms with van der Waals surface area (Å²) in [6.07, 6.45) is 4.10. The van der Waals surface area contributed by atoms with E-state index in [0.29, 0.717) is 47.0 Å². The number of nitrogens with zero attached hydrogens (tertiary/aromatic N) is 5. The Hall–Kier alpha value is -3.72. The third-order valence-corrected chi connectivity index (χ3v) is 8.24. The Morgan fingerprint density at radius 1 is 0.976 bits per heavy atom. The number of rotatable bonds is 8. The van der Waals surface area contributed by atoms with Crippen LogP contribution in [-0.4, -0.2) is 58.9 Å². The first-order chi connectivity index (χ1) is 20.0. The molecule has 3 heterocycles. The molecule has 0 unspecified atom stereocenters. The number of halogens is 2. The third kappa shape index (κ3) is 5.12. The molecule has 0 saturated carbocycles. The number of ether oxygens (including phenoxy) is 1. The van der Waals surface area contributed by atoms with Crippen LogP contribution in [0.2, 0.25) is 10.2 Å². The predicted octanol–water partition coefficient (Wildman–Crippen LogP) is 6.20. The molecule has 210 valence electrons. The van der Waals surface area contributed by atoms with Gasteiger partial charge in [-0.25, -0.2) is 4.98 Å². The van der Waals surface area contributed by atoms with E-state index in [1.807, 2.05) is 47.0 Å². The van der Waals surface area contributed by atoms with Crippen molar-refractivity contribution in [2.24, 2.45) is 5.10 Å². The molecule has 0 N–H and O–H groups in total. The second-order valence-corrected chi connectivity index (χ2v) is 10.9. The largest absolute Gasteiger partial charge is 0.378 e. The molecule has 0 spiro atoms. The van der Waals surface area contributed by atoms with Crippen LogP contribution in [0.5, 0.6) is 0 Å². The topological polar surface area (TPSA) is 80.0 Å². The fourth-order valence-corrected chi connectivity index (χ4v) is 5.91. The first kappa shape index (κ1) is 27.4. The Morgan fingerprint density at radius 2 is 1.73 bits per heavy atom. The predicted molar refractivity (Wildman–Crippen MR) is 161 cm³/mol. The highest BCUT2D eigenvalue weighted by molar-refractivity contribution is 6.32. The molecule has 8 nitrogen and oxygen atoms in total. The fourth-order valence-electron chi connectivity index (χ4n) is 5.47. The highest BCUT2D eigenvalue weighted by Gasteiger charge is 2.34. The Labute approximate surface area is 248 Å². The van der Waals surface area contributed by atoms with Crippen LogP contribution in [0, 0.1) is 0 Å². The number of aromatic nitrogens is 2. The van der Waals surface area contributed by atoms with Gasteiger partial charge in [0.25, 0.3) is 11.8 Å². The lowest BCUT2D eigenvalue weighted by molar-refractivity contribution is 0.0616. The van der Waals surface area contributed by atoms with E-state index in [4.69, 9.17) is 27.9 Å². The average molecular weight is 591 g/mol. The van der Waals surface area contributed by atoms with Gasteiger partial charge in [0.1, 0.15) is 11.5 Å². The van der Waals surface area contributed by atoms with E-state index in [0.717, 1.165) is 59.8 Å². The summed E-state index contributed by atoms with van der Waals surface area (Å²) in [4.78, 5) is 34.1. The van der Waals surface area contributed by atoms with Crippen molar-refractivity contribution < 1.29 is 14.3 Å². The van der Waals surface area contributed by atoms with E-state index in [9.17, 15) is 9.59 Å². The molecule has 1 fully saturated rings. The van der Waals surface area contributed by atoms with Crippen LogP contribution in [0.1, 0.15) is 57.6 Å². The lowest BCUT2D eigenvalue weighted by Gasteiger charge is -2.31. The van der Waals surface area contributed by atoms with E-state index in [1.165, 1.54) is 6.21 Å². The number of amides is 2. The summed E-state index contributed by atoms with van der Waals surface area (Å²) < 4.78 is 7.46. The Balaban J connectivity index is 1.37. The summed E-state index contributed by atoms with van der Waals surface area (Å²) in [5.41, 5.74) is 3.26. The van der Waals surface area contributed by atoms with E-state index < -0.39 is 11.8 Å². The van der Waals surface area contributed by atoms with Gasteiger partial charge in [0.05, 0.1) is 37.1 Å². The van der Waals surface area contributed by atoms with Crippen LogP contribution in [0.4, 0.5) is 5.69 Å². The van der Waals surface area contributed by atoms with E-state index in [-0.39, 0.29) is 5.15 Å². The zero-order chi connectivity index (χ0) is 28.5. The van der Waals surface area contributed by atoms with Gasteiger partial charge in [-0.2, -0.15) is 10.1 Å². The standard InChI is InChI=1S/C31H29Cl2N5O3/c1-2-3-11-27-35-29(33)26(37(27)19-20-7-4-5-10-24(20)32)18-34-38-30(39)22-9-6-8-21-25(36-14-16-41-17-15-36)13-12-23(28(21)22)31(38)40/h4-10,12-13,18H,2-3,11,14-17,19H2,1H3/b34-18+. The second-order valence-electron chi connectivity index (χ2n) is 10.1. The first-order valence-corrected chi connectivity index (χ1v) is 14.5. The molecule has 2 aliphatic heterocycles. The minimum absolute atomic E-state index is 0.251. The van der Waals surface area contributed by atoms with Crippen molar-refractivity contribution in [3.05, 3.63) is 93.0 Å². The number of benzene rings is 3. The highest BCUT2D eigenvalue weighted by atomic mass is 35.5. The van der Waals surface area contributed by atoms with Gasteiger partial charge in [0.2, 0.25) is 0 Å². The van der Waals surface area contributed by atoms with Crippen molar-refractivity contribution in [3.63, 3.8) is 0 Å². The molecule has 0 bridgehead atoms. The van der Waals surface area contributed by atoms with Gasteiger partial charge in [-0.3, -0.25) is 9.59 Å². The quantitative estimate of drug-likeness (QED) is 0.180. The summed E-state index contributed by atoms with van der Waals surface area (Å²) in [5.74, 6) is -0.175. The number of imide groups is 1. The number of hydrazone groups is 1. The molecular weight excluding hydrogens is 561 g/mol. The summed E-state index contributed by atoms with van der Waals surface area (Å²) in [6.45, 7) is 5.31. The average Bonchev–Trinajstić information content (AvgIpc) is 3.29. The summed E-state index contributed by atoms with van der Waals surface area (Å²) in [5, 5.41) is 7.72. The molecule has 10 heteroatoms. The van der Waals surface area contributed by atoms with Gasteiger partial charge in [-0.05, 0) is 36.2 Å². The highest BCUT2D eigenvalue weighted by Crippen LogP contribution is 2.36. The SMILES string of the molecule is CCCCc1nc(Cl)c(/C=N/N2C(=O)c3cccc4c(N5CCOCC5)ccc(c34)C2=O)n1Cc1ccccc1Cl. The summed E-state index contributed by atoms with van der Waals surface area (Å²) >= 11 is 13.1. The van der Waals surface area contributed by atoms with E-state index >= 15 is 0 Å². The van der Waals surface area contributed by atoms with Crippen molar-refractivity contribution in [2.45, 2.75) is 32.7 Å². The number of hydrogen-bond acceptors (Lipinski definition) is 6. The van der Waals surface area contributed by atoms with Crippen LogP contribution in [0.25, 0.3) is 10.8 Å². The summed E-state index contributed by atoms with van der Waals surface area (Å²) in [7, 11) is 0. The lowest BCUT2D eigenvalue weighted by atomic mass is 9.93. The van der Waals surface area contributed by atoms with E-state index in [2.05, 4.69) is 21.9 Å². The fraction of sp³-hybridized carbons (Fsp3) is 0.290.